The van der Waals surface area contributed by atoms with Gasteiger partial charge in [0.2, 0.25) is 0 Å². The van der Waals surface area contributed by atoms with Crippen LogP contribution in [0.5, 0.6) is 0 Å². The number of benzene rings is 1. The number of nitrogens with zero attached hydrogens (tertiary/aromatic N) is 1. The van der Waals surface area contributed by atoms with Gasteiger partial charge in [0.05, 0.1) is 4.88 Å². The fourth-order valence-electron chi connectivity index (χ4n) is 1.44. The first-order valence-electron chi connectivity index (χ1n) is 5.27. The van der Waals surface area contributed by atoms with Gasteiger partial charge >= 0.3 is 6.18 Å². The Morgan fingerprint density at radius 3 is 2.42 bits per heavy atom. The number of hydrogen-bond donors (Lipinski definition) is 1. The molecule has 0 unspecified atom stereocenters. The number of ketones is 1. The van der Waals surface area contributed by atoms with Crippen molar-refractivity contribution in [1.82, 2.24) is 4.98 Å². The number of alkyl halides is 3. The number of carbonyl (C=O) groups excluding carboxylic acids is 1. The van der Waals surface area contributed by atoms with E-state index in [-0.39, 0.29) is 11.3 Å². The van der Waals surface area contributed by atoms with Gasteiger partial charge < -0.3 is 5.73 Å². The molecule has 1 aromatic carbocycles. The number of nitrogens with two attached hydrogens (primary N) is 1. The second-order valence-corrected chi connectivity index (χ2v) is 4.90. The monoisotopic (exact) mass is 286 g/mol. The van der Waals surface area contributed by atoms with Crippen molar-refractivity contribution < 1.29 is 18.0 Å². The van der Waals surface area contributed by atoms with Gasteiger partial charge in [-0.25, -0.2) is 4.98 Å². The van der Waals surface area contributed by atoms with E-state index < -0.39 is 17.0 Å². The van der Waals surface area contributed by atoms with Gasteiger partial charge in [-0.3, -0.25) is 4.79 Å². The summed E-state index contributed by atoms with van der Waals surface area (Å²) in [5.74, 6) is -0.391. The van der Waals surface area contributed by atoms with Crippen LogP contribution in [0.25, 0.3) is 0 Å². The molecule has 0 saturated heterocycles. The number of Topliss-reactive ketones (excluding diaryl/α,β-unsaturated/α-hetero) is 1. The van der Waals surface area contributed by atoms with E-state index in [1.54, 1.807) is 24.3 Å². The van der Waals surface area contributed by atoms with Crippen LogP contribution in [0.15, 0.2) is 30.5 Å². The first kappa shape index (κ1) is 13.5. The third-order valence-electron chi connectivity index (χ3n) is 2.37. The van der Waals surface area contributed by atoms with Crippen molar-refractivity contribution in [3.63, 3.8) is 0 Å². The van der Waals surface area contributed by atoms with Gasteiger partial charge in [0.25, 0.3) is 0 Å². The number of carbonyl (C=O) groups is 1. The van der Waals surface area contributed by atoms with Crippen LogP contribution in [0.3, 0.4) is 0 Å². The standard InChI is InChI=1S/C12H9F3N2OS/c13-12(14,15)11-17-6-10(19-11)9(18)5-7-1-3-8(16)4-2-7/h1-4,6H,5,16H2. The van der Waals surface area contributed by atoms with E-state index in [1.165, 1.54) is 0 Å². The molecule has 0 bridgehead atoms. The van der Waals surface area contributed by atoms with Crippen molar-refractivity contribution >= 4 is 22.8 Å². The number of hydrogen-bond acceptors (Lipinski definition) is 4. The minimum atomic E-state index is -4.51. The highest BCUT2D eigenvalue weighted by Crippen LogP contribution is 2.32. The molecule has 0 fully saturated rings. The van der Waals surface area contributed by atoms with Crippen LogP contribution >= 0.6 is 11.3 Å². The molecule has 19 heavy (non-hydrogen) atoms. The van der Waals surface area contributed by atoms with E-state index in [2.05, 4.69) is 4.98 Å². The lowest BCUT2D eigenvalue weighted by molar-refractivity contribution is -0.137. The van der Waals surface area contributed by atoms with Crippen LogP contribution in [0.2, 0.25) is 0 Å². The minimum Gasteiger partial charge on any atom is -0.399 e. The van der Waals surface area contributed by atoms with E-state index >= 15 is 0 Å². The molecule has 0 spiro atoms. The predicted molar refractivity (Wildman–Crippen MR) is 66.0 cm³/mol. The van der Waals surface area contributed by atoms with Crippen molar-refractivity contribution in [2.75, 3.05) is 5.73 Å². The van der Waals surface area contributed by atoms with E-state index in [0.717, 1.165) is 6.20 Å². The molecular weight excluding hydrogens is 277 g/mol. The molecule has 0 amide bonds. The van der Waals surface area contributed by atoms with Gasteiger partial charge in [0.15, 0.2) is 10.8 Å². The summed E-state index contributed by atoms with van der Waals surface area (Å²) in [4.78, 5) is 15.0. The topological polar surface area (TPSA) is 56.0 Å². The second-order valence-electron chi connectivity index (χ2n) is 3.87. The first-order valence-corrected chi connectivity index (χ1v) is 6.08. The highest BCUT2D eigenvalue weighted by molar-refractivity contribution is 7.13. The van der Waals surface area contributed by atoms with Crippen molar-refractivity contribution in [1.29, 1.82) is 0 Å². The molecule has 2 aromatic rings. The maximum Gasteiger partial charge on any atom is 0.443 e. The molecule has 0 aliphatic carbocycles. The fraction of sp³-hybridized carbons (Fsp3) is 0.167. The second kappa shape index (κ2) is 5.00. The summed E-state index contributed by atoms with van der Waals surface area (Å²) >= 11 is 0.360. The average Bonchev–Trinajstić information content (AvgIpc) is 2.81. The van der Waals surface area contributed by atoms with E-state index in [1.807, 2.05) is 0 Å². The third-order valence-corrected chi connectivity index (χ3v) is 3.45. The van der Waals surface area contributed by atoms with Crippen LogP contribution in [0.1, 0.15) is 20.2 Å². The summed E-state index contributed by atoms with van der Waals surface area (Å²) in [6.45, 7) is 0. The minimum absolute atomic E-state index is 0.00384. The predicted octanol–water partition coefficient (Wildman–Crippen LogP) is 3.17. The van der Waals surface area contributed by atoms with Crippen LogP contribution in [-0.4, -0.2) is 10.8 Å². The van der Waals surface area contributed by atoms with E-state index in [4.69, 9.17) is 5.73 Å². The summed E-state index contributed by atoms with van der Waals surface area (Å²) in [5.41, 5.74) is 6.76. The van der Waals surface area contributed by atoms with Gasteiger partial charge in [-0.2, -0.15) is 13.2 Å². The lowest BCUT2D eigenvalue weighted by Crippen LogP contribution is -2.03. The molecule has 0 atom stereocenters. The molecule has 0 radical (unpaired) electrons. The first-order chi connectivity index (χ1) is 8.86. The highest BCUT2D eigenvalue weighted by atomic mass is 32.1. The maximum atomic E-state index is 12.4. The summed E-state index contributed by atoms with van der Waals surface area (Å²) in [7, 11) is 0. The molecule has 2 rings (SSSR count). The summed E-state index contributed by atoms with van der Waals surface area (Å²) in [6.07, 6.45) is -3.52. The number of halogens is 3. The van der Waals surface area contributed by atoms with Gasteiger partial charge in [-0.15, -0.1) is 11.3 Å². The Bertz CT molecular complexity index is 590. The van der Waals surface area contributed by atoms with Crippen LogP contribution < -0.4 is 5.73 Å². The van der Waals surface area contributed by atoms with Crippen molar-refractivity contribution in [2.45, 2.75) is 12.6 Å². The largest absolute Gasteiger partial charge is 0.443 e. The number of nitrogen functional groups attached to an aromatic ring is 1. The molecule has 0 saturated carbocycles. The Kier molecular flexibility index (Phi) is 3.57. The van der Waals surface area contributed by atoms with Gasteiger partial charge in [-0.05, 0) is 17.7 Å². The fourth-order valence-corrected chi connectivity index (χ4v) is 2.16. The molecule has 3 nitrogen and oxygen atoms in total. The third kappa shape index (κ3) is 3.31. The smallest absolute Gasteiger partial charge is 0.399 e. The lowest BCUT2D eigenvalue weighted by Gasteiger charge is -2.00. The Morgan fingerprint density at radius 2 is 1.89 bits per heavy atom. The molecule has 100 valence electrons. The van der Waals surface area contributed by atoms with Crippen LogP contribution in [0, 0.1) is 0 Å². The molecular formula is C12H9F3N2OS. The SMILES string of the molecule is Nc1ccc(CC(=O)c2cnc(C(F)(F)F)s2)cc1. The van der Waals surface area contributed by atoms with Gasteiger partial charge in [0, 0.05) is 18.3 Å². The lowest BCUT2D eigenvalue weighted by atomic mass is 10.1. The van der Waals surface area contributed by atoms with Gasteiger partial charge in [-0.1, -0.05) is 12.1 Å². The van der Waals surface area contributed by atoms with Crippen molar-refractivity contribution in [3.8, 4) is 0 Å². The van der Waals surface area contributed by atoms with E-state index in [9.17, 15) is 18.0 Å². The van der Waals surface area contributed by atoms with Crippen molar-refractivity contribution in [3.05, 3.63) is 45.9 Å². The van der Waals surface area contributed by atoms with Crippen LogP contribution in [0.4, 0.5) is 18.9 Å². The zero-order valence-electron chi connectivity index (χ0n) is 9.57. The summed E-state index contributed by atoms with van der Waals surface area (Å²) in [5, 5.41) is -1.01. The molecule has 2 N–H and O–H groups in total. The molecule has 1 aromatic heterocycles. The number of thiazole rings is 1. The summed E-state index contributed by atoms with van der Waals surface area (Å²) < 4.78 is 37.1. The Morgan fingerprint density at radius 1 is 1.26 bits per heavy atom. The molecule has 1 heterocycles. The Balaban J connectivity index is 2.12. The number of anilines is 1. The Hall–Kier alpha value is -1.89. The molecule has 0 aliphatic heterocycles. The zero-order valence-corrected chi connectivity index (χ0v) is 10.4. The normalized spacial score (nSPS) is 11.5. The molecule has 7 heteroatoms. The number of aromatic nitrogens is 1. The molecule has 0 aliphatic rings. The highest BCUT2D eigenvalue weighted by Gasteiger charge is 2.35. The Labute approximate surface area is 110 Å². The van der Waals surface area contributed by atoms with E-state index in [0.29, 0.717) is 22.6 Å². The maximum absolute atomic E-state index is 12.4. The van der Waals surface area contributed by atoms with Gasteiger partial charge in [0.1, 0.15) is 0 Å². The summed E-state index contributed by atoms with van der Waals surface area (Å²) in [6, 6.07) is 6.60. The van der Waals surface area contributed by atoms with Crippen LogP contribution in [-0.2, 0) is 12.6 Å². The average molecular weight is 286 g/mol. The number of rotatable bonds is 3. The van der Waals surface area contributed by atoms with Crippen molar-refractivity contribution in [2.24, 2.45) is 0 Å². The zero-order chi connectivity index (χ0) is 14.0. The quantitative estimate of drug-likeness (QED) is 0.696.